The van der Waals surface area contributed by atoms with E-state index >= 15 is 0 Å². The van der Waals surface area contributed by atoms with Crippen molar-refractivity contribution in [3.63, 3.8) is 0 Å². The normalized spacial score (nSPS) is 16.9. The van der Waals surface area contributed by atoms with E-state index in [2.05, 4.69) is 306 Å². The van der Waals surface area contributed by atoms with Crippen molar-refractivity contribution in [3.05, 3.63) is 239 Å². The van der Waals surface area contributed by atoms with Gasteiger partial charge in [-0.05, 0) is 186 Å². The molecule has 0 amide bonds. The number of nitrogens with zero attached hydrogens (tertiary/aromatic N) is 3. The summed E-state index contributed by atoms with van der Waals surface area (Å²) in [6, 6.07) is 74.9. The maximum Gasteiger partial charge on any atom is 0.252 e. The van der Waals surface area contributed by atoms with Crippen LogP contribution in [0, 0.1) is 6.92 Å². The average Bonchev–Trinajstić information content (AvgIpc) is 2.26. The van der Waals surface area contributed by atoms with Crippen LogP contribution >= 0.6 is 0 Å². The lowest BCUT2D eigenvalue weighted by Gasteiger charge is -2.47. The second-order valence-electron chi connectivity index (χ2n) is 28.5. The van der Waals surface area contributed by atoms with E-state index in [1.807, 2.05) is 0 Å². The predicted octanol–water partition coefficient (Wildman–Crippen LogP) is 19.1. The first-order valence-electron chi connectivity index (χ1n) is 29.9. The van der Waals surface area contributed by atoms with E-state index in [1.54, 1.807) is 0 Å². The summed E-state index contributed by atoms with van der Waals surface area (Å²) in [6.07, 6.45) is 3.38. The van der Waals surface area contributed by atoms with Crippen LogP contribution in [0.1, 0.15) is 154 Å². The van der Waals surface area contributed by atoms with Crippen molar-refractivity contribution in [2.45, 2.75) is 149 Å². The van der Waals surface area contributed by atoms with Crippen molar-refractivity contribution < 1.29 is 0 Å². The second-order valence-corrected chi connectivity index (χ2v) is 28.5. The lowest BCUT2D eigenvalue weighted by atomic mass is 9.33. The molecule has 0 spiro atoms. The summed E-state index contributed by atoms with van der Waals surface area (Å²) >= 11 is 0. The zero-order valence-electron chi connectivity index (χ0n) is 50.5. The predicted molar refractivity (Wildman–Crippen MR) is 349 cm³/mol. The Balaban J connectivity index is 1.22. The number of fused-ring (bicyclic) bond motifs is 6. The van der Waals surface area contributed by atoms with Gasteiger partial charge in [-0.3, -0.25) is 0 Å². The SMILES string of the molecule is Cc1cc2c(cc1N1c3ccc(C(C)(C)c4ccccc4)cc3B3c4cc5c(cc4N(c4ccc(C(C)(C)C)cc4-c4ccccc4)c4cc(N(c6ccccc6)c6ccccc6)cc1c43)C(C)(C)CC5(C)C)C(C)(C)CCC2(C)C. The molecule has 2 aliphatic carbocycles. The molecule has 0 atom stereocenters. The molecule has 2 heterocycles. The summed E-state index contributed by atoms with van der Waals surface area (Å²) in [7, 11) is 0. The molecule has 13 rings (SSSR count). The van der Waals surface area contributed by atoms with Crippen LogP contribution < -0.4 is 31.1 Å². The van der Waals surface area contributed by atoms with Crippen LogP contribution in [0.5, 0.6) is 0 Å². The molecule has 3 nitrogen and oxygen atoms in total. The number of hydrogen-bond donors (Lipinski definition) is 0. The highest BCUT2D eigenvalue weighted by atomic mass is 15.2. The Bertz CT molecular complexity index is 3900. The summed E-state index contributed by atoms with van der Waals surface area (Å²) in [5, 5.41) is 0. The minimum absolute atomic E-state index is 0.000464. The molecule has 406 valence electrons. The first kappa shape index (κ1) is 52.8. The molecule has 0 saturated heterocycles. The summed E-state index contributed by atoms with van der Waals surface area (Å²) in [4.78, 5) is 7.91. The molecule has 0 saturated carbocycles. The van der Waals surface area contributed by atoms with E-state index < -0.39 is 0 Å². The fourth-order valence-corrected chi connectivity index (χ4v) is 15.1. The van der Waals surface area contributed by atoms with Gasteiger partial charge in [0.1, 0.15) is 0 Å². The number of rotatable bonds is 8. The second kappa shape index (κ2) is 18.5. The molecule has 81 heavy (non-hydrogen) atoms. The fraction of sp³-hybridized carbons (Fsp3) is 0.299. The van der Waals surface area contributed by atoms with E-state index in [0.717, 1.165) is 29.9 Å². The summed E-state index contributed by atoms with van der Waals surface area (Å²) < 4.78 is 0. The highest BCUT2D eigenvalue weighted by Crippen LogP contribution is 2.56. The Morgan fingerprint density at radius 2 is 0.864 bits per heavy atom. The molecule has 0 fully saturated rings. The lowest BCUT2D eigenvalue weighted by molar-refractivity contribution is 0.332. The Labute approximate surface area is 484 Å². The van der Waals surface area contributed by atoms with Crippen LogP contribution in [-0.4, -0.2) is 6.71 Å². The number of benzene rings is 9. The molecular weight excluding hydrogens is 978 g/mol. The Morgan fingerprint density at radius 3 is 1.44 bits per heavy atom. The smallest absolute Gasteiger partial charge is 0.252 e. The van der Waals surface area contributed by atoms with Crippen LogP contribution in [0.3, 0.4) is 0 Å². The number of hydrogen-bond acceptors (Lipinski definition) is 3. The first-order valence-corrected chi connectivity index (χ1v) is 29.9. The highest BCUT2D eigenvalue weighted by molar-refractivity contribution is 7.00. The first-order chi connectivity index (χ1) is 38.4. The molecule has 4 aliphatic rings. The standard InChI is InChI=1S/C77H80BN3/c1-50-41-59-61(74(7,8)40-39-73(59,5)6)47-67(50)81-66-38-36-54(77(13,14)52-29-21-16-22-30-52)43-63(66)78-64-46-60-62(76(11,12)49-75(60,9)10)48-68(64)80(65-37-35-53(72(2,3)4)42-58(65)51-27-19-15-20-28-51)69-44-57(45-70(81)71(69)78)79(55-31-23-17-24-32-55)56-33-25-18-26-34-56/h15-38,41-48H,39-40,49H2,1-14H3. The van der Waals surface area contributed by atoms with Crippen LogP contribution in [0.4, 0.5) is 51.2 Å². The lowest BCUT2D eigenvalue weighted by Crippen LogP contribution is -2.62. The monoisotopic (exact) mass is 1060 g/mol. The van der Waals surface area contributed by atoms with E-state index in [0.29, 0.717) is 0 Å². The molecule has 0 unspecified atom stereocenters. The van der Waals surface area contributed by atoms with Gasteiger partial charge in [-0.2, -0.15) is 0 Å². The number of para-hydroxylation sites is 2. The van der Waals surface area contributed by atoms with Crippen LogP contribution in [0.25, 0.3) is 11.1 Å². The Kier molecular flexibility index (Phi) is 12.0. The molecule has 4 heteroatoms. The molecule has 9 aromatic rings. The summed E-state index contributed by atoms with van der Waals surface area (Å²) in [6.45, 7) is 33.9. The Morgan fingerprint density at radius 1 is 0.395 bits per heavy atom. The third-order valence-electron chi connectivity index (χ3n) is 19.6. The maximum atomic E-state index is 2.71. The van der Waals surface area contributed by atoms with Gasteiger partial charge < -0.3 is 14.7 Å². The molecular formula is C77H80BN3. The van der Waals surface area contributed by atoms with E-state index in [4.69, 9.17) is 0 Å². The topological polar surface area (TPSA) is 9.72 Å². The van der Waals surface area contributed by atoms with Gasteiger partial charge in [0, 0.05) is 50.8 Å². The van der Waals surface area contributed by atoms with Crippen molar-refractivity contribution in [2.75, 3.05) is 14.7 Å². The minimum Gasteiger partial charge on any atom is -0.311 e. The minimum atomic E-state index is -0.274. The summed E-state index contributed by atoms with van der Waals surface area (Å²) in [5.74, 6) is 0. The zero-order valence-corrected chi connectivity index (χ0v) is 50.5. The third kappa shape index (κ3) is 8.52. The van der Waals surface area contributed by atoms with E-state index in [9.17, 15) is 0 Å². The number of aryl methyl sites for hydroxylation is 1. The molecule has 0 N–H and O–H groups in total. The van der Waals surface area contributed by atoms with Crippen molar-refractivity contribution in [2.24, 2.45) is 0 Å². The molecule has 0 bridgehead atoms. The van der Waals surface area contributed by atoms with Crippen LogP contribution in [0.2, 0.25) is 0 Å². The maximum absolute atomic E-state index is 2.71. The summed E-state index contributed by atoms with van der Waals surface area (Å²) in [5.41, 5.74) is 27.9. The number of anilines is 9. The van der Waals surface area contributed by atoms with Crippen molar-refractivity contribution in [1.29, 1.82) is 0 Å². The quantitative estimate of drug-likeness (QED) is 0.140. The van der Waals surface area contributed by atoms with Crippen LogP contribution in [0.15, 0.2) is 194 Å². The average molecular weight is 1060 g/mol. The van der Waals surface area contributed by atoms with Gasteiger partial charge in [0.05, 0.1) is 11.4 Å². The van der Waals surface area contributed by atoms with Gasteiger partial charge in [-0.15, -0.1) is 0 Å². The largest absolute Gasteiger partial charge is 0.311 e. The molecule has 2 aliphatic heterocycles. The molecule has 0 aromatic heterocycles. The van der Waals surface area contributed by atoms with Crippen molar-refractivity contribution in [1.82, 2.24) is 0 Å². The van der Waals surface area contributed by atoms with Gasteiger partial charge in [-0.1, -0.05) is 217 Å². The van der Waals surface area contributed by atoms with Crippen molar-refractivity contribution >= 4 is 74.3 Å². The Hall–Kier alpha value is -7.56. The fourth-order valence-electron chi connectivity index (χ4n) is 15.1. The van der Waals surface area contributed by atoms with E-state index in [1.165, 1.54) is 113 Å². The van der Waals surface area contributed by atoms with Crippen molar-refractivity contribution in [3.8, 4) is 11.1 Å². The van der Waals surface area contributed by atoms with Crippen LogP contribution in [-0.2, 0) is 32.5 Å². The van der Waals surface area contributed by atoms with Gasteiger partial charge >= 0.3 is 0 Å². The molecule has 0 radical (unpaired) electrons. The van der Waals surface area contributed by atoms with E-state index in [-0.39, 0.29) is 39.2 Å². The van der Waals surface area contributed by atoms with Gasteiger partial charge in [0.15, 0.2) is 0 Å². The molecule has 9 aromatic carbocycles. The van der Waals surface area contributed by atoms with Gasteiger partial charge in [-0.25, -0.2) is 0 Å². The third-order valence-corrected chi connectivity index (χ3v) is 19.6. The van der Waals surface area contributed by atoms with Gasteiger partial charge in [0.25, 0.3) is 6.71 Å². The zero-order chi connectivity index (χ0) is 56.8. The van der Waals surface area contributed by atoms with Gasteiger partial charge in [0.2, 0.25) is 0 Å². The highest BCUT2D eigenvalue weighted by Gasteiger charge is 2.50.